The molecular formula is C17H23N3O2. The number of unbranched alkanes of at least 4 members (excludes halogenated alkanes) is 1. The van der Waals surface area contributed by atoms with E-state index < -0.39 is 0 Å². The Balaban J connectivity index is 1.80. The molecule has 5 nitrogen and oxygen atoms in total. The molecule has 1 aromatic rings. The number of hydrogen-bond donors (Lipinski definition) is 2. The number of rotatable bonds is 4. The monoisotopic (exact) mass is 301 g/mol. The van der Waals surface area contributed by atoms with Crippen LogP contribution in [0.5, 0.6) is 0 Å². The van der Waals surface area contributed by atoms with Crippen LogP contribution in [0.2, 0.25) is 0 Å². The maximum absolute atomic E-state index is 12.2. The van der Waals surface area contributed by atoms with Gasteiger partial charge in [-0.1, -0.05) is 13.3 Å². The minimum atomic E-state index is -0.0775. The molecule has 0 saturated carbocycles. The van der Waals surface area contributed by atoms with Crippen LogP contribution in [0.25, 0.3) is 0 Å². The molecule has 0 aromatic heterocycles. The van der Waals surface area contributed by atoms with Crippen LogP contribution in [0.3, 0.4) is 0 Å². The molecule has 1 fully saturated rings. The highest BCUT2D eigenvalue weighted by Gasteiger charge is 2.34. The van der Waals surface area contributed by atoms with E-state index in [0.717, 1.165) is 50.0 Å². The minimum Gasteiger partial charge on any atom is -0.358 e. The number of hydrogen-bond acceptors (Lipinski definition) is 3. The van der Waals surface area contributed by atoms with Gasteiger partial charge in [0.1, 0.15) is 6.04 Å². The van der Waals surface area contributed by atoms with Gasteiger partial charge in [-0.3, -0.25) is 9.59 Å². The second kappa shape index (κ2) is 6.38. The summed E-state index contributed by atoms with van der Waals surface area (Å²) in [5.74, 6) is -0.0259. The fourth-order valence-electron chi connectivity index (χ4n) is 3.22. The highest BCUT2D eigenvalue weighted by Crippen LogP contribution is 2.36. The molecule has 0 aliphatic carbocycles. The maximum Gasteiger partial charge on any atom is 0.251 e. The van der Waals surface area contributed by atoms with E-state index >= 15 is 0 Å². The van der Waals surface area contributed by atoms with Crippen LogP contribution >= 0.6 is 0 Å². The first-order valence-electron chi connectivity index (χ1n) is 8.20. The molecule has 0 unspecified atom stereocenters. The molecule has 22 heavy (non-hydrogen) atoms. The number of anilines is 2. The second-order valence-electron chi connectivity index (χ2n) is 6.04. The number of nitrogens with zero attached hydrogens (tertiary/aromatic N) is 1. The van der Waals surface area contributed by atoms with Crippen LogP contribution < -0.4 is 15.5 Å². The number of piperidine rings is 1. The Morgan fingerprint density at radius 3 is 3.09 bits per heavy atom. The van der Waals surface area contributed by atoms with Gasteiger partial charge in [0, 0.05) is 18.7 Å². The van der Waals surface area contributed by atoms with Gasteiger partial charge in [0.05, 0.1) is 11.4 Å². The largest absolute Gasteiger partial charge is 0.358 e. The first kappa shape index (κ1) is 14.9. The topological polar surface area (TPSA) is 61.4 Å². The fraction of sp³-hybridized carbons (Fsp3) is 0.529. The molecule has 118 valence electrons. The number of benzene rings is 1. The number of carbonyl (C=O) groups excluding carboxylic acids is 2. The van der Waals surface area contributed by atoms with Crippen molar-refractivity contribution in [2.75, 3.05) is 23.3 Å². The summed E-state index contributed by atoms with van der Waals surface area (Å²) in [6.07, 6.45) is 5.15. The third-order valence-electron chi connectivity index (χ3n) is 4.45. The first-order chi connectivity index (χ1) is 10.7. The Bertz CT molecular complexity index is 585. The summed E-state index contributed by atoms with van der Waals surface area (Å²) in [5.41, 5.74) is 2.39. The van der Waals surface area contributed by atoms with E-state index in [4.69, 9.17) is 0 Å². The van der Waals surface area contributed by atoms with E-state index in [-0.39, 0.29) is 17.9 Å². The lowest BCUT2D eigenvalue weighted by Crippen LogP contribution is -2.50. The van der Waals surface area contributed by atoms with E-state index in [1.54, 1.807) is 6.07 Å². The standard InChI is InChI=1S/C17H23N3O2/c1-2-3-9-18-16(21)12-7-8-14-13(11-12)19-17(22)15-6-4-5-10-20(14)15/h7-8,11,15H,2-6,9-10H2,1H3,(H,18,21)(H,19,22)/t15-/m0/s1. The Morgan fingerprint density at radius 2 is 2.27 bits per heavy atom. The van der Waals surface area contributed by atoms with Gasteiger partial charge in [-0.05, 0) is 43.9 Å². The van der Waals surface area contributed by atoms with Crippen molar-refractivity contribution in [3.8, 4) is 0 Å². The van der Waals surface area contributed by atoms with E-state index in [0.29, 0.717) is 12.1 Å². The number of amides is 2. The van der Waals surface area contributed by atoms with Gasteiger partial charge in [0.15, 0.2) is 0 Å². The summed E-state index contributed by atoms with van der Waals surface area (Å²) in [6.45, 7) is 3.69. The molecule has 0 radical (unpaired) electrons. The molecule has 1 atom stereocenters. The summed E-state index contributed by atoms with van der Waals surface area (Å²) in [7, 11) is 0. The molecule has 0 spiro atoms. The lowest BCUT2D eigenvalue weighted by atomic mass is 9.97. The molecule has 2 N–H and O–H groups in total. The van der Waals surface area contributed by atoms with Gasteiger partial charge < -0.3 is 15.5 Å². The van der Waals surface area contributed by atoms with Crippen molar-refractivity contribution in [2.24, 2.45) is 0 Å². The van der Waals surface area contributed by atoms with Gasteiger partial charge in [-0.15, -0.1) is 0 Å². The highest BCUT2D eigenvalue weighted by molar-refractivity contribution is 6.05. The molecule has 1 aromatic carbocycles. The average Bonchev–Trinajstić information content (AvgIpc) is 2.55. The third-order valence-corrected chi connectivity index (χ3v) is 4.45. The first-order valence-corrected chi connectivity index (χ1v) is 8.20. The van der Waals surface area contributed by atoms with Crippen molar-refractivity contribution in [1.82, 2.24) is 5.32 Å². The van der Waals surface area contributed by atoms with Gasteiger partial charge in [-0.25, -0.2) is 0 Å². The molecule has 0 bridgehead atoms. The van der Waals surface area contributed by atoms with E-state index in [9.17, 15) is 9.59 Å². The predicted molar refractivity (Wildman–Crippen MR) is 87.3 cm³/mol. The lowest BCUT2D eigenvalue weighted by Gasteiger charge is -2.41. The van der Waals surface area contributed by atoms with E-state index in [1.807, 2.05) is 12.1 Å². The van der Waals surface area contributed by atoms with E-state index in [2.05, 4.69) is 22.5 Å². The smallest absolute Gasteiger partial charge is 0.251 e. The average molecular weight is 301 g/mol. The van der Waals surface area contributed by atoms with Gasteiger partial charge >= 0.3 is 0 Å². The van der Waals surface area contributed by atoms with Crippen LogP contribution in [0.4, 0.5) is 11.4 Å². The third kappa shape index (κ3) is 2.80. The molecule has 1 saturated heterocycles. The molecule has 2 heterocycles. The molecule has 2 aliphatic rings. The van der Waals surface area contributed by atoms with Crippen molar-refractivity contribution in [3.05, 3.63) is 23.8 Å². The Labute approximate surface area is 131 Å². The molecule has 2 aliphatic heterocycles. The molecule has 3 rings (SSSR count). The van der Waals surface area contributed by atoms with Crippen LogP contribution in [-0.2, 0) is 4.79 Å². The fourth-order valence-corrected chi connectivity index (χ4v) is 3.22. The van der Waals surface area contributed by atoms with Crippen molar-refractivity contribution in [1.29, 1.82) is 0 Å². The summed E-state index contributed by atoms with van der Waals surface area (Å²) in [6, 6.07) is 5.55. The zero-order valence-corrected chi connectivity index (χ0v) is 13.0. The Kier molecular flexibility index (Phi) is 4.32. The Hall–Kier alpha value is -2.04. The van der Waals surface area contributed by atoms with Crippen LogP contribution in [0, 0.1) is 0 Å². The molecule has 5 heteroatoms. The second-order valence-corrected chi connectivity index (χ2v) is 6.04. The number of fused-ring (bicyclic) bond motifs is 3. The predicted octanol–water partition coefficient (Wildman–Crippen LogP) is 2.53. The van der Waals surface area contributed by atoms with Crippen LogP contribution in [0.15, 0.2) is 18.2 Å². The van der Waals surface area contributed by atoms with Gasteiger partial charge in [0.2, 0.25) is 5.91 Å². The zero-order chi connectivity index (χ0) is 15.5. The highest BCUT2D eigenvalue weighted by atomic mass is 16.2. The van der Waals surface area contributed by atoms with E-state index in [1.165, 1.54) is 0 Å². The summed E-state index contributed by atoms with van der Waals surface area (Å²) >= 11 is 0. The summed E-state index contributed by atoms with van der Waals surface area (Å²) in [5, 5.41) is 5.87. The van der Waals surface area contributed by atoms with Crippen molar-refractivity contribution >= 4 is 23.2 Å². The SMILES string of the molecule is CCCCNC(=O)c1ccc2c(c1)NC(=O)[C@@H]1CCCCN21. The number of carbonyl (C=O) groups is 2. The maximum atomic E-state index is 12.2. The quantitative estimate of drug-likeness (QED) is 0.840. The summed E-state index contributed by atoms with van der Waals surface area (Å²) in [4.78, 5) is 26.5. The Morgan fingerprint density at radius 1 is 1.41 bits per heavy atom. The van der Waals surface area contributed by atoms with Crippen LogP contribution in [-0.4, -0.2) is 30.9 Å². The van der Waals surface area contributed by atoms with Crippen molar-refractivity contribution in [2.45, 2.75) is 45.1 Å². The van der Waals surface area contributed by atoms with Crippen molar-refractivity contribution < 1.29 is 9.59 Å². The molecule has 2 amide bonds. The lowest BCUT2D eigenvalue weighted by molar-refractivity contribution is -0.118. The van der Waals surface area contributed by atoms with Gasteiger partial charge in [-0.2, -0.15) is 0 Å². The zero-order valence-electron chi connectivity index (χ0n) is 13.0. The van der Waals surface area contributed by atoms with Crippen LogP contribution in [0.1, 0.15) is 49.4 Å². The normalized spacial score (nSPS) is 20.0. The van der Waals surface area contributed by atoms with Gasteiger partial charge in [0.25, 0.3) is 5.91 Å². The minimum absolute atomic E-state index is 0.0505. The van der Waals surface area contributed by atoms with Crippen molar-refractivity contribution in [3.63, 3.8) is 0 Å². The summed E-state index contributed by atoms with van der Waals surface area (Å²) < 4.78 is 0. The number of nitrogens with one attached hydrogen (secondary N) is 2. The molecular weight excluding hydrogens is 278 g/mol.